The molecule has 3 nitrogen and oxygen atoms in total. The van der Waals surface area contributed by atoms with E-state index in [1.165, 1.54) is 47.0 Å². The van der Waals surface area contributed by atoms with E-state index in [-0.39, 0.29) is 12.4 Å². The van der Waals surface area contributed by atoms with Crippen molar-refractivity contribution in [1.29, 1.82) is 0 Å². The maximum absolute atomic E-state index is 6.03. The largest absolute Gasteiger partial charge is 0.489 e. The molecule has 0 radical (unpaired) electrons. The molecule has 0 bridgehead atoms. The molecule has 2 aromatic carbocycles. The monoisotopic (exact) mass is 370 g/mol. The maximum Gasteiger partial charge on any atom is 0.120 e. The number of benzene rings is 2. The van der Waals surface area contributed by atoms with Gasteiger partial charge in [0.1, 0.15) is 12.4 Å². The number of hydrogen-bond donors (Lipinski definition) is 1. The van der Waals surface area contributed by atoms with Gasteiger partial charge in [-0.05, 0) is 62.7 Å². The predicted molar refractivity (Wildman–Crippen MR) is 111 cm³/mol. The summed E-state index contributed by atoms with van der Waals surface area (Å²) < 4.78 is 6.03. The summed E-state index contributed by atoms with van der Waals surface area (Å²) in [5, 5.41) is 1.34. The topological polar surface area (TPSA) is 28.3 Å². The van der Waals surface area contributed by atoms with Crippen molar-refractivity contribution in [3.05, 3.63) is 65.4 Å². The van der Waals surface area contributed by atoms with Crippen molar-refractivity contribution in [2.75, 3.05) is 20.6 Å². The molecule has 0 saturated heterocycles. The van der Waals surface area contributed by atoms with Gasteiger partial charge in [0, 0.05) is 29.1 Å². The zero-order valence-corrected chi connectivity index (χ0v) is 16.3. The molecule has 1 aromatic heterocycles. The number of halogens is 1. The molecule has 0 saturated carbocycles. The van der Waals surface area contributed by atoms with Crippen LogP contribution in [0, 0.1) is 0 Å². The number of aromatic amines is 1. The second-order valence-corrected chi connectivity index (χ2v) is 7.35. The molecule has 4 rings (SSSR count). The lowest BCUT2D eigenvalue weighted by atomic mass is 9.86. The summed E-state index contributed by atoms with van der Waals surface area (Å²) in [4.78, 5) is 5.98. The van der Waals surface area contributed by atoms with Crippen molar-refractivity contribution < 1.29 is 4.74 Å². The van der Waals surface area contributed by atoms with E-state index in [0.717, 1.165) is 12.3 Å². The van der Waals surface area contributed by atoms with Crippen LogP contribution in [0.15, 0.2) is 48.5 Å². The Bertz CT molecular complexity index is 857. The van der Waals surface area contributed by atoms with Gasteiger partial charge in [0.2, 0.25) is 0 Å². The summed E-state index contributed by atoms with van der Waals surface area (Å²) >= 11 is 0. The quantitative estimate of drug-likeness (QED) is 0.672. The van der Waals surface area contributed by atoms with E-state index in [2.05, 4.69) is 66.4 Å². The molecule has 0 aliphatic heterocycles. The molecule has 1 atom stereocenters. The van der Waals surface area contributed by atoms with Gasteiger partial charge in [-0.15, -0.1) is 12.4 Å². The standard InChI is InChI=1S/C22H26N2O.ClH/c1-24(2)14-17-9-6-10-19-20-13-18(11-12-21(20)23-22(17)19)25-15-16-7-4-3-5-8-16;/h3-5,7-8,11-13,17,23H,6,9-10,14-15H2,1-2H3;1H. The number of hydrogen-bond acceptors (Lipinski definition) is 2. The number of fused-ring (bicyclic) bond motifs is 3. The maximum atomic E-state index is 6.03. The van der Waals surface area contributed by atoms with Crippen molar-refractivity contribution in [1.82, 2.24) is 9.88 Å². The summed E-state index contributed by atoms with van der Waals surface area (Å²) in [6.07, 6.45) is 3.71. The SMILES string of the molecule is CN(C)CC1CCCc2c1[nH]c1ccc(OCc3ccccc3)cc21.Cl. The normalized spacial score (nSPS) is 16.3. The molecule has 1 aliphatic carbocycles. The van der Waals surface area contributed by atoms with Crippen molar-refractivity contribution in [2.24, 2.45) is 0 Å². The van der Waals surface area contributed by atoms with E-state index in [0.29, 0.717) is 12.5 Å². The number of aryl methyl sites for hydroxylation is 1. The van der Waals surface area contributed by atoms with Crippen molar-refractivity contribution in [3.63, 3.8) is 0 Å². The summed E-state index contributed by atoms with van der Waals surface area (Å²) in [7, 11) is 4.32. The van der Waals surface area contributed by atoms with Crippen LogP contribution in [0.3, 0.4) is 0 Å². The van der Waals surface area contributed by atoms with Gasteiger partial charge in [0.05, 0.1) is 0 Å². The highest BCUT2D eigenvalue weighted by atomic mass is 35.5. The van der Waals surface area contributed by atoms with Gasteiger partial charge in [-0.25, -0.2) is 0 Å². The van der Waals surface area contributed by atoms with Crippen LogP contribution in [0.5, 0.6) is 5.75 Å². The van der Waals surface area contributed by atoms with E-state index in [1.54, 1.807) is 0 Å². The summed E-state index contributed by atoms with van der Waals surface area (Å²) in [6, 6.07) is 16.8. The van der Waals surface area contributed by atoms with Crippen LogP contribution in [0.1, 0.15) is 35.6 Å². The number of rotatable bonds is 5. The van der Waals surface area contributed by atoms with Gasteiger partial charge >= 0.3 is 0 Å². The van der Waals surface area contributed by atoms with Crippen molar-refractivity contribution in [2.45, 2.75) is 31.8 Å². The van der Waals surface area contributed by atoms with E-state index < -0.39 is 0 Å². The zero-order valence-electron chi connectivity index (χ0n) is 15.5. The number of H-pyrrole nitrogens is 1. The molecule has 138 valence electrons. The van der Waals surface area contributed by atoms with Gasteiger partial charge in [-0.2, -0.15) is 0 Å². The predicted octanol–water partition coefficient (Wildman–Crippen LogP) is 5.15. The third-order valence-electron chi connectivity index (χ3n) is 5.13. The minimum Gasteiger partial charge on any atom is -0.489 e. The summed E-state index contributed by atoms with van der Waals surface area (Å²) in [5.74, 6) is 1.56. The highest BCUT2D eigenvalue weighted by Gasteiger charge is 2.24. The van der Waals surface area contributed by atoms with Gasteiger partial charge in [-0.3, -0.25) is 0 Å². The van der Waals surface area contributed by atoms with Crippen LogP contribution in [0.4, 0.5) is 0 Å². The first-order valence-electron chi connectivity index (χ1n) is 9.16. The minimum atomic E-state index is 0. The van der Waals surface area contributed by atoms with Crippen LogP contribution in [-0.2, 0) is 13.0 Å². The van der Waals surface area contributed by atoms with Gasteiger partial charge in [0.25, 0.3) is 0 Å². The Kier molecular flexibility index (Phi) is 5.90. The average molecular weight is 371 g/mol. The molecule has 0 fully saturated rings. The van der Waals surface area contributed by atoms with E-state index in [9.17, 15) is 0 Å². The third kappa shape index (κ3) is 3.89. The molecule has 1 aliphatic rings. The number of aromatic nitrogens is 1. The fourth-order valence-electron chi connectivity index (χ4n) is 3.99. The molecule has 1 N–H and O–H groups in total. The molecular formula is C22H27ClN2O. The molecule has 0 spiro atoms. The van der Waals surface area contributed by atoms with E-state index in [1.807, 2.05) is 6.07 Å². The lowest BCUT2D eigenvalue weighted by Crippen LogP contribution is -2.23. The Morgan fingerprint density at radius 1 is 1.12 bits per heavy atom. The summed E-state index contributed by atoms with van der Waals surface area (Å²) in [5.41, 5.74) is 5.38. The molecule has 1 heterocycles. The van der Waals surface area contributed by atoms with Crippen molar-refractivity contribution >= 4 is 23.3 Å². The molecule has 1 unspecified atom stereocenters. The van der Waals surface area contributed by atoms with Crippen LogP contribution < -0.4 is 4.74 Å². The number of nitrogens with zero attached hydrogens (tertiary/aromatic N) is 1. The van der Waals surface area contributed by atoms with Gasteiger partial charge < -0.3 is 14.6 Å². The molecular weight excluding hydrogens is 344 g/mol. The van der Waals surface area contributed by atoms with Crippen LogP contribution in [-0.4, -0.2) is 30.5 Å². The average Bonchev–Trinajstić information content (AvgIpc) is 3.00. The number of ether oxygens (including phenoxy) is 1. The van der Waals surface area contributed by atoms with Gasteiger partial charge in [-0.1, -0.05) is 30.3 Å². The first kappa shape index (κ1) is 18.8. The van der Waals surface area contributed by atoms with Crippen LogP contribution in [0.2, 0.25) is 0 Å². The third-order valence-corrected chi connectivity index (χ3v) is 5.13. The minimum absolute atomic E-state index is 0. The Morgan fingerprint density at radius 2 is 1.92 bits per heavy atom. The fourth-order valence-corrected chi connectivity index (χ4v) is 3.99. The first-order valence-corrected chi connectivity index (χ1v) is 9.16. The number of nitrogens with one attached hydrogen (secondary N) is 1. The fraction of sp³-hybridized carbons (Fsp3) is 0.364. The Balaban J connectivity index is 0.00000196. The first-order chi connectivity index (χ1) is 12.2. The number of likely N-dealkylation sites (N-methyl/N-ethyl adjacent to an activating group) is 1. The second-order valence-electron chi connectivity index (χ2n) is 7.35. The van der Waals surface area contributed by atoms with E-state index >= 15 is 0 Å². The lowest BCUT2D eigenvalue weighted by molar-refractivity contribution is 0.306. The summed E-state index contributed by atoms with van der Waals surface area (Å²) in [6.45, 7) is 1.72. The Labute approximate surface area is 161 Å². The highest BCUT2D eigenvalue weighted by Crippen LogP contribution is 2.37. The Hall–Kier alpha value is -1.97. The highest BCUT2D eigenvalue weighted by molar-refractivity contribution is 5.86. The van der Waals surface area contributed by atoms with Gasteiger partial charge in [0.15, 0.2) is 0 Å². The smallest absolute Gasteiger partial charge is 0.120 e. The zero-order chi connectivity index (χ0) is 17.2. The van der Waals surface area contributed by atoms with Crippen LogP contribution >= 0.6 is 12.4 Å². The van der Waals surface area contributed by atoms with E-state index in [4.69, 9.17) is 4.74 Å². The van der Waals surface area contributed by atoms with Crippen molar-refractivity contribution in [3.8, 4) is 5.75 Å². The molecule has 26 heavy (non-hydrogen) atoms. The Morgan fingerprint density at radius 3 is 2.69 bits per heavy atom. The van der Waals surface area contributed by atoms with Crippen LogP contribution in [0.25, 0.3) is 10.9 Å². The molecule has 0 amide bonds. The molecule has 3 aromatic rings. The second kappa shape index (κ2) is 8.15. The lowest BCUT2D eigenvalue weighted by Gasteiger charge is -2.25. The molecule has 4 heteroatoms.